The van der Waals surface area contributed by atoms with Crippen molar-refractivity contribution in [3.63, 3.8) is 0 Å². The Bertz CT molecular complexity index is 839. The van der Waals surface area contributed by atoms with Crippen LogP contribution in [0, 0.1) is 0 Å². The molecule has 2 aromatic heterocycles. The number of aromatic nitrogens is 1. The van der Waals surface area contributed by atoms with Crippen LogP contribution in [0.15, 0.2) is 36.4 Å². The molecule has 0 fully saturated rings. The van der Waals surface area contributed by atoms with Crippen LogP contribution in [0.4, 0.5) is 5.69 Å². The van der Waals surface area contributed by atoms with Crippen molar-refractivity contribution >= 4 is 50.7 Å². The van der Waals surface area contributed by atoms with Crippen molar-refractivity contribution in [2.75, 3.05) is 5.73 Å². The minimum Gasteiger partial charge on any atom is -0.398 e. The quantitative estimate of drug-likeness (QED) is 0.428. The van der Waals surface area contributed by atoms with E-state index in [1.54, 1.807) is 36.4 Å². The largest absolute Gasteiger partial charge is 0.398 e. The molecule has 22 heavy (non-hydrogen) atoms. The third-order valence-corrected chi connectivity index (χ3v) is 4.23. The molecule has 0 radical (unpaired) electrons. The summed E-state index contributed by atoms with van der Waals surface area (Å²) >= 11 is 7.23. The summed E-state index contributed by atoms with van der Waals surface area (Å²) in [6, 6.07) is 10.0. The van der Waals surface area contributed by atoms with Crippen LogP contribution in [0.3, 0.4) is 0 Å². The Morgan fingerprint density at radius 2 is 1.86 bits per heavy atom. The first-order valence-electron chi connectivity index (χ1n) is 6.28. The lowest BCUT2D eigenvalue weighted by Gasteiger charge is -2.08. The average Bonchev–Trinajstić information content (AvgIpc) is 3.02. The van der Waals surface area contributed by atoms with Gasteiger partial charge in [-0.3, -0.25) is 20.4 Å². The van der Waals surface area contributed by atoms with Gasteiger partial charge in [0.25, 0.3) is 11.8 Å². The maximum atomic E-state index is 12.0. The molecule has 0 unspecified atom stereocenters. The number of hydrogen-bond acceptors (Lipinski definition) is 4. The van der Waals surface area contributed by atoms with Crippen molar-refractivity contribution in [2.24, 2.45) is 0 Å². The Balaban J connectivity index is 1.68. The summed E-state index contributed by atoms with van der Waals surface area (Å²) in [6.45, 7) is 0. The molecule has 5 N–H and O–H groups in total. The third-order valence-electron chi connectivity index (χ3n) is 3.02. The predicted octanol–water partition coefficient (Wildman–Crippen LogP) is 2.54. The van der Waals surface area contributed by atoms with Gasteiger partial charge in [-0.15, -0.1) is 11.3 Å². The van der Waals surface area contributed by atoms with E-state index in [4.69, 9.17) is 17.3 Å². The number of nitrogen functional groups attached to an aromatic ring is 1. The zero-order chi connectivity index (χ0) is 15.7. The molecule has 0 aliphatic rings. The number of para-hydroxylation sites is 1. The molecule has 0 spiro atoms. The Hall–Kier alpha value is -2.51. The number of fused-ring (bicyclic) bond motifs is 1. The molecule has 0 atom stereocenters. The Morgan fingerprint density at radius 1 is 1.14 bits per heavy atom. The third kappa shape index (κ3) is 2.76. The number of halogens is 1. The van der Waals surface area contributed by atoms with Gasteiger partial charge in [-0.2, -0.15) is 0 Å². The van der Waals surface area contributed by atoms with Crippen molar-refractivity contribution in [1.82, 2.24) is 15.8 Å². The second kappa shape index (κ2) is 5.70. The van der Waals surface area contributed by atoms with Gasteiger partial charge in [-0.05, 0) is 24.3 Å². The first-order chi connectivity index (χ1) is 10.5. The van der Waals surface area contributed by atoms with Gasteiger partial charge in [0, 0.05) is 5.69 Å². The van der Waals surface area contributed by atoms with Crippen molar-refractivity contribution in [3.05, 3.63) is 52.0 Å². The number of anilines is 1. The first-order valence-corrected chi connectivity index (χ1v) is 7.47. The Kier molecular flexibility index (Phi) is 3.74. The van der Waals surface area contributed by atoms with Gasteiger partial charge >= 0.3 is 0 Å². The monoisotopic (exact) mass is 334 g/mol. The van der Waals surface area contributed by atoms with E-state index in [9.17, 15) is 9.59 Å². The predicted molar refractivity (Wildman–Crippen MR) is 87.0 cm³/mol. The number of rotatable bonds is 2. The van der Waals surface area contributed by atoms with Crippen LogP contribution in [-0.2, 0) is 0 Å². The van der Waals surface area contributed by atoms with Crippen molar-refractivity contribution in [3.8, 4) is 0 Å². The van der Waals surface area contributed by atoms with Gasteiger partial charge in [-0.25, -0.2) is 0 Å². The van der Waals surface area contributed by atoms with Crippen LogP contribution in [0.25, 0.3) is 10.2 Å². The molecule has 2 heterocycles. The molecule has 1 aromatic carbocycles. The second-order valence-corrected chi connectivity index (χ2v) is 6.22. The molecule has 0 aliphatic heterocycles. The number of hydrogen-bond donors (Lipinski definition) is 4. The number of nitrogens with two attached hydrogens (primary N) is 1. The maximum Gasteiger partial charge on any atom is 0.286 e. The van der Waals surface area contributed by atoms with E-state index in [1.165, 1.54) is 11.3 Å². The second-order valence-electron chi connectivity index (χ2n) is 4.51. The number of nitrogens with one attached hydrogen (secondary N) is 3. The Labute approximate surface area is 134 Å². The molecule has 112 valence electrons. The van der Waals surface area contributed by atoms with E-state index in [1.807, 2.05) is 0 Å². The summed E-state index contributed by atoms with van der Waals surface area (Å²) < 4.78 is 1.51. The maximum absolute atomic E-state index is 12.0. The smallest absolute Gasteiger partial charge is 0.286 e. The van der Waals surface area contributed by atoms with E-state index in [0.29, 0.717) is 21.3 Å². The molecule has 0 aliphatic carbocycles. The van der Waals surface area contributed by atoms with E-state index < -0.39 is 11.8 Å². The fraction of sp³-hybridized carbons (Fsp3) is 0. The number of thiophene rings is 1. The van der Waals surface area contributed by atoms with Gasteiger partial charge in [-0.1, -0.05) is 23.7 Å². The van der Waals surface area contributed by atoms with E-state index in [-0.39, 0.29) is 0 Å². The van der Waals surface area contributed by atoms with Gasteiger partial charge in [0.1, 0.15) is 5.69 Å². The zero-order valence-corrected chi connectivity index (χ0v) is 12.7. The van der Waals surface area contributed by atoms with E-state index in [2.05, 4.69) is 15.8 Å². The van der Waals surface area contributed by atoms with E-state index >= 15 is 0 Å². The number of hydrazine groups is 1. The normalized spacial score (nSPS) is 10.6. The summed E-state index contributed by atoms with van der Waals surface area (Å²) in [7, 11) is 0. The number of carbonyl (C=O) groups excluding carboxylic acids is 2. The fourth-order valence-corrected chi connectivity index (χ4v) is 3.11. The van der Waals surface area contributed by atoms with Crippen LogP contribution in [-0.4, -0.2) is 16.8 Å². The molecule has 8 heteroatoms. The highest BCUT2D eigenvalue weighted by atomic mass is 35.5. The molecular formula is C14H11ClN4O2S. The van der Waals surface area contributed by atoms with Crippen molar-refractivity contribution in [2.45, 2.75) is 0 Å². The van der Waals surface area contributed by atoms with Gasteiger partial charge in [0.2, 0.25) is 0 Å². The summed E-state index contributed by atoms with van der Waals surface area (Å²) in [5, 5.41) is 0. The lowest BCUT2D eigenvalue weighted by atomic mass is 10.2. The minimum atomic E-state index is -0.483. The first kappa shape index (κ1) is 14.4. The van der Waals surface area contributed by atoms with Gasteiger partial charge < -0.3 is 10.7 Å². The van der Waals surface area contributed by atoms with Gasteiger partial charge in [0.15, 0.2) is 0 Å². The number of aromatic amines is 1. The van der Waals surface area contributed by atoms with Crippen molar-refractivity contribution < 1.29 is 9.59 Å². The highest BCUT2D eigenvalue weighted by Gasteiger charge is 2.14. The molecular weight excluding hydrogens is 324 g/mol. The van der Waals surface area contributed by atoms with Crippen LogP contribution in [0.1, 0.15) is 20.8 Å². The Morgan fingerprint density at radius 3 is 2.59 bits per heavy atom. The van der Waals surface area contributed by atoms with Crippen LogP contribution < -0.4 is 16.6 Å². The summed E-state index contributed by atoms with van der Waals surface area (Å²) in [5.74, 6) is -0.940. The molecule has 0 bridgehead atoms. The highest BCUT2D eigenvalue weighted by molar-refractivity contribution is 7.22. The summed E-state index contributed by atoms with van der Waals surface area (Å²) in [6.07, 6.45) is 0. The summed E-state index contributed by atoms with van der Waals surface area (Å²) in [4.78, 5) is 26.9. The van der Waals surface area contributed by atoms with Crippen LogP contribution in [0.5, 0.6) is 0 Å². The fourth-order valence-electron chi connectivity index (χ4n) is 1.97. The molecule has 3 rings (SSSR count). The number of carbonyl (C=O) groups is 2. The number of benzene rings is 1. The average molecular weight is 335 g/mol. The van der Waals surface area contributed by atoms with Crippen LogP contribution >= 0.6 is 22.9 Å². The zero-order valence-electron chi connectivity index (χ0n) is 11.1. The van der Waals surface area contributed by atoms with Crippen LogP contribution in [0.2, 0.25) is 4.34 Å². The van der Waals surface area contributed by atoms with Gasteiger partial charge in [0.05, 0.1) is 20.1 Å². The summed E-state index contributed by atoms with van der Waals surface area (Å²) in [5.41, 5.74) is 12.1. The molecule has 2 amide bonds. The number of amides is 2. The van der Waals surface area contributed by atoms with E-state index in [0.717, 1.165) is 10.2 Å². The highest BCUT2D eigenvalue weighted by Crippen LogP contribution is 2.29. The standard InChI is InChI=1S/C14H11ClN4O2S/c15-12-6-9-11(22-12)5-10(17-9)14(21)19-18-13(20)7-3-1-2-4-8(7)16/h1-6,17H,16H2,(H,18,20)(H,19,21). The lowest BCUT2D eigenvalue weighted by Crippen LogP contribution is -2.42. The minimum absolute atomic E-state index is 0.294. The molecule has 6 nitrogen and oxygen atoms in total. The number of H-pyrrole nitrogens is 1. The molecule has 0 saturated heterocycles. The lowest BCUT2D eigenvalue weighted by molar-refractivity contribution is 0.0845. The topological polar surface area (TPSA) is 100 Å². The van der Waals surface area contributed by atoms with Crippen molar-refractivity contribution in [1.29, 1.82) is 0 Å². The molecule has 3 aromatic rings. The SMILES string of the molecule is Nc1ccccc1C(=O)NNC(=O)c1cc2sc(Cl)cc2[nH]1. The molecule has 0 saturated carbocycles.